The van der Waals surface area contributed by atoms with Gasteiger partial charge in [0.15, 0.2) is 0 Å². The molecule has 1 aromatic heterocycles. The van der Waals surface area contributed by atoms with Gasteiger partial charge in [-0.1, -0.05) is 42.6 Å². The minimum absolute atomic E-state index is 0.0236. The lowest BCUT2D eigenvalue weighted by Crippen LogP contribution is -2.34. The molecule has 0 spiro atoms. The normalized spacial score (nSPS) is 12.3. The van der Waals surface area contributed by atoms with Crippen LogP contribution in [0.2, 0.25) is 0 Å². The summed E-state index contributed by atoms with van der Waals surface area (Å²) in [5.74, 6) is -0.581. The molecule has 3 amide bonds. The first kappa shape index (κ1) is 21.7. The average molecular weight is 443 g/mol. The maximum atomic E-state index is 13.0. The van der Waals surface area contributed by atoms with Gasteiger partial charge in [-0.2, -0.15) is 4.98 Å². The molecule has 0 unspecified atom stereocenters. The summed E-state index contributed by atoms with van der Waals surface area (Å²) in [5, 5.41) is 8.99. The molecule has 1 aliphatic heterocycles. The van der Waals surface area contributed by atoms with Crippen molar-refractivity contribution in [2.45, 2.75) is 20.4 Å². The summed E-state index contributed by atoms with van der Waals surface area (Å²) in [6.07, 6.45) is 0. The lowest BCUT2D eigenvalue weighted by Gasteiger charge is -2.18. The molecule has 166 valence electrons. The third-order valence-corrected chi connectivity index (χ3v) is 5.13. The largest absolute Gasteiger partial charge is 0.339 e. The SMILES string of the molecule is C=C(NC(=O)C(=C)N1Cc2c(cccc2-c2ccc(NC(C)=O)cc2)C1=O)c1noc(C)n1. The number of aryl methyl sites for hydroxylation is 1. The predicted octanol–water partition coefficient (Wildman–Crippen LogP) is 3.26. The predicted molar refractivity (Wildman–Crippen MR) is 121 cm³/mol. The van der Waals surface area contributed by atoms with Crippen LogP contribution in [0.15, 0.2) is 65.8 Å². The van der Waals surface area contributed by atoms with Gasteiger partial charge < -0.3 is 15.2 Å². The molecule has 0 saturated heterocycles. The number of amides is 3. The Morgan fingerprint density at radius 2 is 1.79 bits per heavy atom. The molecule has 0 saturated carbocycles. The number of anilines is 1. The van der Waals surface area contributed by atoms with E-state index in [1.807, 2.05) is 18.2 Å². The van der Waals surface area contributed by atoms with Gasteiger partial charge in [-0.25, -0.2) is 0 Å². The van der Waals surface area contributed by atoms with Gasteiger partial charge in [-0.05, 0) is 34.9 Å². The zero-order chi connectivity index (χ0) is 23.7. The maximum absolute atomic E-state index is 13.0. The van der Waals surface area contributed by atoms with Crippen LogP contribution in [0.25, 0.3) is 16.8 Å². The quantitative estimate of drug-likeness (QED) is 0.565. The smallest absolute Gasteiger partial charge is 0.271 e. The molecule has 0 aliphatic carbocycles. The minimum atomic E-state index is -0.593. The van der Waals surface area contributed by atoms with E-state index in [1.54, 1.807) is 31.2 Å². The molecule has 1 aliphatic rings. The first-order valence-corrected chi connectivity index (χ1v) is 10.1. The minimum Gasteiger partial charge on any atom is -0.339 e. The van der Waals surface area contributed by atoms with Gasteiger partial charge in [-0.15, -0.1) is 0 Å². The second-order valence-corrected chi connectivity index (χ2v) is 7.50. The number of aromatic nitrogens is 2. The molecule has 33 heavy (non-hydrogen) atoms. The summed E-state index contributed by atoms with van der Waals surface area (Å²) in [6, 6.07) is 12.7. The molecular formula is C24H21N5O4. The third kappa shape index (κ3) is 4.29. The number of carbonyl (C=O) groups is 3. The Morgan fingerprint density at radius 1 is 1.09 bits per heavy atom. The summed E-state index contributed by atoms with van der Waals surface area (Å²) in [6.45, 7) is 10.8. The Labute approximate surface area is 189 Å². The van der Waals surface area contributed by atoms with Gasteiger partial charge >= 0.3 is 0 Å². The van der Waals surface area contributed by atoms with Gasteiger partial charge in [-0.3, -0.25) is 19.3 Å². The first-order valence-electron chi connectivity index (χ1n) is 10.1. The number of benzene rings is 2. The van der Waals surface area contributed by atoms with E-state index in [9.17, 15) is 14.4 Å². The van der Waals surface area contributed by atoms with Crippen molar-refractivity contribution in [3.05, 3.63) is 84.2 Å². The molecule has 2 aromatic carbocycles. The Balaban J connectivity index is 1.53. The fourth-order valence-electron chi connectivity index (χ4n) is 3.57. The van der Waals surface area contributed by atoms with Crippen molar-refractivity contribution in [3.8, 4) is 11.1 Å². The first-order chi connectivity index (χ1) is 15.7. The van der Waals surface area contributed by atoms with Crippen LogP contribution in [0.4, 0.5) is 5.69 Å². The highest BCUT2D eigenvalue weighted by atomic mass is 16.5. The Kier molecular flexibility index (Phi) is 5.61. The fraction of sp³-hybridized carbons (Fsp3) is 0.125. The van der Waals surface area contributed by atoms with Crippen molar-refractivity contribution < 1.29 is 18.9 Å². The van der Waals surface area contributed by atoms with Gasteiger partial charge in [0.2, 0.25) is 17.6 Å². The van der Waals surface area contributed by atoms with E-state index in [4.69, 9.17) is 4.52 Å². The van der Waals surface area contributed by atoms with Crippen LogP contribution in [0.5, 0.6) is 0 Å². The summed E-state index contributed by atoms with van der Waals surface area (Å²) < 4.78 is 4.89. The maximum Gasteiger partial charge on any atom is 0.271 e. The van der Waals surface area contributed by atoms with Crippen molar-refractivity contribution in [1.29, 1.82) is 0 Å². The van der Waals surface area contributed by atoms with E-state index in [0.717, 1.165) is 16.7 Å². The van der Waals surface area contributed by atoms with Crippen LogP contribution < -0.4 is 10.6 Å². The van der Waals surface area contributed by atoms with E-state index in [2.05, 4.69) is 33.9 Å². The molecule has 0 bridgehead atoms. The van der Waals surface area contributed by atoms with Crippen molar-refractivity contribution in [2.75, 3.05) is 5.32 Å². The third-order valence-electron chi connectivity index (χ3n) is 5.13. The number of hydrogen-bond donors (Lipinski definition) is 2. The van der Waals surface area contributed by atoms with Gasteiger partial charge in [0.05, 0.1) is 12.2 Å². The number of hydrogen-bond acceptors (Lipinski definition) is 6. The standard InChI is InChI=1S/C24H21N5O4/c1-13(22-27-16(4)33-28-22)25-23(31)14(2)29-12-21-19(6-5-7-20(21)24(29)32)17-8-10-18(11-9-17)26-15(3)30/h5-11H,1-2,12H2,3-4H3,(H,25,31)(H,26,30). The molecule has 9 heteroatoms. The molecule has 9 nitrogen and oxygen atoms in total. The fourth-order valence-corrected chi connectivity index (χ4v) is 3.57. The molecule has 0 fully saturated rings. The van der Waals surface area contributed by atoms with Crippen molar-refractivity contribution >= 4 is 29.1 Å². The van der Waals surface area contributed by atoms with E-state index in [0.29, 0.717) is 17.1 Å². The van der Waals surface area contributed by atoms with E-state index >= 15 is 0 Å². The Hall–Kier alpha value is -4.53. The lowest BCUT2D eigenvalue weighted by atomic mass is 9.97. The van der Waals surface area contributed by atoms with Crippen molar-refractivity contribution in [1.82, 2.24) is 20.4 Å². The van der Waals surface area contributed by atoms with Gasteiger partial charge in [0, 0.05) is 25.1 Å². The molecule has 4 rings (SSSR count). The summed E-state index contributed by atoms with van der Waals surface area (Å²) in [4.78, 5) is 42.3. The second kappa shape index (κ2) is 8.54. The van der Waals surface area contributed by atoms with Gasteiger partial charge in [0.25, 0.3) is 11.8 Å². The molecular weight excluding hydrogens is 422 g/mol. The summed E-state index contributed by atoms with van der Waals surface area (Å²) in [7, 11) is 0. The van der Waals surface area contributed by atoms with Gasteiger partial charge in [0.1, 0.15) is 5.70 Å². The molecule has 0 atom stereocenters. The Bertz CT molecular complexity index is 1310. The van der Waals surface area contributed by atoms with Crippen LogP contribution in [-0.4, -0.2) is 32.8 Å². The highest BCUT2D eigenvalue weighted by molar-refractivity contribution is 6.07. The van der Waals surface area contributed by atoms with Crippen LogP contribution in [0.1, 0.15) is 34.6 Å². The molecule has 2 N–H and O–H groups in total. The van der Waals surface area contributed by atoms with Crippen LogP contribution in [-0.2, 0) is 16.1 Å². The molecule has 0 radical (unpaired) electrons. The number of nitrogens with one attached hydrogen (secondary N) is 2. The average Bonchev–Trinajstić information content (AvgIpc) is 3.37. The summed E-state index contributed by atoms with van der Waals surface area (Å²) in [5.41, 5.74) is 3.82. The van der Waals surface area contributed by atoms with Crippen LogP contribution in [0.3, 0.4) is 0 Å². The number of nitrogens with zero attached hydrogens (tertiary/aromatic N) is 3. The van der Waals surface area contributed by atoms with Crippen LogP contribution in [0, 0.1) is 6.92 Å². The number of fused-ring (bicyclic) bond motifs is 1. The van der Waals surface area contributed by atoms with Crippen molar-refractivity contribution in [3.63, 3.8) is 0 Å². The summed E-state index contributed by atoms with van der Waals surface area (Å²) >= 11 is 0. The number of rotatable bonds is 6. The van der Waals surface area contributed by atoms with E-state index in [-0.39, 0.29) is 35.6 Å². The zero-order valence-electron chi connectivity index (χ0n) is 18.1. The zero-order valence-corrected chi connectivity index (χ0v) is 18.1. The second-order valence-electron chi connectivity index (χ2n) is 7.50. The van der Waals surface area contributed by atoms with Crippen molar-refractivity contribution in [2.24, 2.45) is 0 Å². The molecule has 3 aromatic rings. The monoisotopic (exact) mass is 443 g/mol. The lowest BCUT2D eigenvalue weighted by molar-refractivity contribution is -0.117. The topological polar surface area (TPSA) is 117 Å². The van der Waals surface area contributed by atoms with Crippen LogP contribution >= 0.6 is 0 Å². The highest BCUT2D eigenvalue weighted by Gasteiger charge is 2.33. The van der Waals surface area contributed by atoms with E-state index < -0.39 is 5.91 Å². The Morgan fingerprint density at radius 3 is 2.42 bits per heavy atom. The highest BCUT2D eigenvalue weighted by Crippen LogP contribution is 2.34. The van der Waals surface area contributed by atoms with E-state index in [1.165, 1.54) is 11.8 Å². The molecule has 2 heterocycles. The number of carbonyl (C=O) groups excluding carboxylic acids is 3.